The minimum absolute atomic E-state index is 0.141. The Balaban J connectivity index is 1.20. The molecule has 0 aromatic heterocycles. The fourth-order valence-corrected chi connectivity index (χ4v) is 6.11. The Morgan fingerprint density at radius 2 is 1.38 bits per heavy atom. The average Bonchev–Trinajstić information content (AvgIpc) is 3.06. The molecular formula is C39H36O11. The van der Waals surface area contributed by atoms with Gasteiger partial charge in [-0.15, -0.1) is 0 Å². The van der Waals surface area contributed by atoms with Crippen molar-refractivity contribution in [3.05, 3.63) is 106 Å². The van der Waals surface area contributed by atoms with E-state index in [2.05, 4.69) is 19.1 Å². The van der Waals surface area contributed by atoms with Gasteiger partial charge in [-0.3, -0.25) is 19.2 Å². The van der Waals surface area contributed by atoms with Crippen molar-refractivity contribution < 1.29 is 47.2 Å². The summed E-state index contributed by atoms with van der Waals surface area (Å²) < 4.78 is 40.6. The normalized spacial score (nSPS) is 20.2. The Morgan fingerprint density at radius 1 is 0.720 bits per heavy atom. The van der Waals surface area contributed by atoms with E-state index in [-0.39, 0.29) is 12.0 Å². The van der Waals surface area contributed by atoms with Crippen LogP contribution >= 0.6 is 0 Å². The molecule has 3 aromatic carbocycles. The van der Waals surface area contributed by atoms with E-state index in [0.717, 1.165) is 33.2 Å². The van der Waals surface area contributed by atoms with Crippen molar-refractivity contribution in [1.29, 1.82) is 0 Å². The number of benzene rings is 4. The Hall–Kier alpha value is -5.68. The summed E-state index contributed by atoms with van der Waals surface area (Å²) in [6.45, 7) is 7.53. The summed E-state index contributed by atoms with van der Waals surface area (Å²) in [6, 6.07) is 25.6. The summed E-state index contributed by atoms with van der Waals surface area (Å²) in [4.78, 5) is 48.0. The van der Waals surface area contributed by atoms with Crippen molar-refractivity contribution in [3.63, 3.8) is 0 Å². The first-order valence-electron chi connectivity index (χ1n) is 16.1. The third-order valence-electron chi connectivity index (χ3n) is 8.29. The second-order valence-corrected chi connectivity index (χ2v) is 12.1. The highest BCUT2D eigenvalue weighted by Gasteiger charge is 2.51. The lowest BCUT2D eigenvalue weighted by atomic mass is 9.91. The number of hydrogen-bond donors (Lipinski definition) is 0. The fourth-order valence-electron chi connectivity index (χ4n) is 6.11. The molecule has 0 amide bonds. The molecule has 1 aliphatic carbocycles. The fraction of sp³-hybridized carbons (Fsp3) is 0.282. The summed E-state index contributed by atoms with van der Waals surface area (Å²) in [7, 11) is 0. The SMILES string of the molecule is CC(=O)O[C@H]1[C@@H](OC(C)=O)[C@@H](C)O[C@@H](Oc2ccc(COc3ccc4c(-c5ccccc5C)c5ccc(=O)cc-5oc4c3)cc2)[C@@H]1OC(C)=O. The van der Waals surface area contributed by atoms with Gasteiger partial charge in [0.2, 0.25) is 12.4 Å². The number of aryl methyl sites for hydroxylation is 1. The van der Waals surface area contributed by atoms with Gasteiger partial charge in [-0.1, -0.05) is 36.4 Å². The van der Waals surface area contributed by atoms with Gasteiger partial charge in [0, 0.05) is 49.4 Å². The smallest absolute Gasteiger partial charge is 0.303 e. The van der Waals surface area contributed by atoms with Crippen LogP contribution in [0.4, 0.5) is 0 Å². The predicted octanol–water partition coefficient (Wildman–Crippen LogP) is 6.37. The van der Waals surface area contributed by atoms with Crippen molar-refractivity contribution in [1.82, 2.24) is 0 Å². The largest absolute Gasteiger partial charge is 0.489 e. The van der Waals surface area contributed by atoms with Gasteiger partial charge in [-0.05, 0) is 66.9 Å². The maximum absolute atomic E-state index is 12.2. The minimum Gasteiger partial charge on any atom is -0.489 e. The third-order valence-corrected chi connectivity index (χ3v) is 8.29. The molecule has 1 fully saturated rings. The zero-order valence-electron chi connectivity index (χ0n) is 28.2. The molecule has 2 heterocycles. The molecular weight excluding hydrogens is 644 g/mol. The molecule has 6 rings (SSSR count). The molecule has 50 heavy (non-hydrogen) atoms. The molecule has 11 nitrogen and oxygen atoms in total. The second-order valence-electron chi connectivity index (χ2n) is 12.1. The highest BCUT2D eigenvalue weighted by Crippen LogP contribution is 2.42. The van der Waals surface area contributed by atoms with E-state index < -0.39 is 48.6 Å². The van der Waals surface area contributed by atoms with E-state index in [1.165, 1.54) is 26.8 Å². The van der Waals surface area contributed by atoms with Crippen molar-refractivity contribution in [3.8, 4) is 33.9 Å². The van der Waals surface area contributed by atoms with Crippen molar-refractivity contribution in [2.24, 2.45) is 0 Å². The average molecular weight is 681 g/mol. The Kier molecular flexibility index (Phi) is 9.87. The van der Waals surface area contributed by atoms with E-state index in [4.69, 9.17) is 32.8 Å². The summed E-state index contributed by atoms with van der Waals surface area (Å²) >= 11 is 0. The van der Waals surface area contributed by atoms with Crippen LogP contribution in [0.5, 0.6) is 11.5 Å². The van der Waals surface area contributed by atoms with E-state index in [1.54, 1.807) is 43.3 Å². The summed E-state index contributed by atoms with van der Waals surface area (Å²) in [6.07, 6.45) is -5.34. The molecule has 0 spiro atoms. The zero-order valence-corrected chi connectivity index (χ0v) is 28.2. The number of hydrogen-bond acceptors (Lipinski definition) is 11. The predicted molar refractivity (Wildman–Crippen MR) is 182 cm³/mol. The van der Waals surface area contributed by atoms with Crippen LogP contribution < -0.4 is 14.9 Å². The van der Waals surface area contributed by atoms with Crippen LogP contribution in [0.15, 0.2) is 94.1 Å². The number of esters is 3. The molecule has 0 bridgehead atoms. The Labute approximate surface area is 287 Å². The first-order chi connectivity index (χ1) is 24.0. The molecule has 1 saturated heterocycles. The van der Waals surface area contributed by atoms with Gasteiger partial charge in [-0.2, -0.15) is 0 Å². The standard InChI is InChI=1S/C39H36O11/c1-21-8-6-7-9-30(21)35-31-16-12-27(43)18-33(31)50-34-19-29(15-17-32(34)35)44-20-26-10-13-28(14-11-26)49-39-38(48-25(5)42)37(47-24(4)41)36(22(2)45-39)46-23(3)40/h6-19,22,36-39H,20H2,1-5H3/t22-,36+,37+,38-,39+/m1/s1. The van der Waals surface area contributed by atoms with Crippen LogP contribution in [-0.4, -0.2) is 48.6 Å². The molecule has 0 unspecified atom stereocenters. The Morgan fingerprint density at radius 3 is 2.08 bits per heavy atom. The van der Waals surface area contributed by atoms with Gasteiger partial charge in [-0.25, -0.2) is 0 Å². The molecule has 3 aromatic rings. The highest BCUT2D eigenvalue weighted by atomic mass is 16.7. The van der Waals surface area contributed by atoms with Crippen molar-refractivity contribution in [2.75, 3.05) is 0 Å². The number of carbonyl (C=O) groups excluding carboxylic acids is 3. The minimum atomic E-state index is -1.22. The maximum Gasteiger partial charge on any atom is 0.303 e. The second kappa shape index (κ2) is 14.4. The summed E-state index contributed by atoms with van der Waals surface area (Å²) in [5.41, 5.74) is 5.24. The zero-order chi connectivity index (χ0) is 35.5. The van der Waals surface area contributed by atoms with Gasteiger partial charge in [0.15, 0.2) is 17.6 Å². The lowest BCUT2D eigenvalue weighted by molar-refractivity contribution is -0.280. The molecule has 0 radical (unpaired) electrons. The summed E-state index contributed by atoms with van der Waals surface area (Å²) in [5.74, 6) is -0.485. The lowest BCUT2D eigenvalue weighted by Gasteiger charge is -2.43. The number of carbonyl (C=O) groups is 3. The van der Waals surface area contributed by atoms with Gasteiger partial charge in [0.25, 0.3) is 0 Å². The van der Waals surface area contributed by atoms with Crippen LogP contribution in [0.25, 0.3) is 33.4 Å². The Bertz CT molecular complexity index is 2070. The topological polar surface area (TPSA) is 137 Å². The summed E-state index contributed by atoms with van der Waals surface area (Å²) in [5, 5.41) is 0.890. The molecule has 258 valence electrons. The van der Waals surface area contributed by atoms with Gasteiger partial charge >= 0.3 is 17.9 Å². The van der Waals surface area contributed by atoms with Gasteiger partial charge in [0.05, 0.1) is 6.10 Å². The molecule has 5 atom stereocenters. The van der Waals surface area contributed by atoms with Crippen LogP contribution in [-0.2, 0) is 39.9 Å². The van der Waals surface area contributed by atoms with E-state index >= 15 is 0 Å². The number of fused-ring (bicyclic) bond motifs is 2. The highest BCUT2D eigenvalue weighted by molar-refractivity contribution is 6.02. The first kappa shape index (κ1) is 34.2. The quantitative estimate of drug-likeness (QED) is 0.0976. The first-order valence-corrected chi connectivity index (χ1v) is 16.1. The lowest BCUT2D eigenvalue weighted by Crippen LogP contribution is -2.62. The van der Waals surface area contributed by atoms with Gasteiger partial charge < -0.3 is 32.8 Å². The van der Waals surface area contributed by atoms with Crippen LogP contribution in [0.2, 0.25) is 0 Å². The van der Waals surface area contributed by atoms with Crippen LogP contribution in [0.3, 0.4) is 0 Å². The van der Waals surface area contributed by atoms with Crippen molar-refractivity contribution in [2.45, 2.75) is 71.9 Å². The molecule has 0 N–H and O–H groups in total. The molecule has 2 aliphatic heterocycles. The molecule has 11 heteroatoms. The van der Waals surface area contributed by atoms with Gasteiger partial charge in [0.1, 0.15) is 29.4 Å². The number of ether oxygens (including phenoxy) is 6. The monoisotopic (exact) mass is 680 g/mol. The number of rotatable bonds is 9. The maximum atomic E-state index is 12.2. The van der Waals surface area contributed by atoms with Crippen LogP contribution in [0.1, 0.15) is 38.8 Å². The van der Waals surface area contributed by atoms with E-state index in [0.29, 0.717) is 22.8 Å². The van der Waals surface area contributed by atoms with E-state index in [9.17, 15) is 19.2 Å². The van der Waals surface area contributed by atoms with Crippen molar-refractivity contribution >= 4 is 28.9 Å². The molecule has 0 saturated carbocycles. The van der Waals surface area contributed by atoms with E-state index in [1.807, 2.05) is 30.3 Å². The third kappa shape index (κ3) is 7.47. The molecule has 3 aliphatic rings. The van der Waals surface area contributed by atoms with Crippen LogP contribution in [0, 0.1) is 6.92 Å².